The van der Waals surface area contributed by atoms with Crippen molar-refractivity contribution < 1.29 is 9.66 Å². The van der Waals surface area contributed by atoms with E-state index in [0.29, 0.717) is 30.0 Å². The molecular formula is C14H20N2O3. The number of hydrogen-bond acceptors (Lipinski definition) is 4. The van der Waals surface area contributed by atoms with Crippen LogP contribution in [0.15, 0.2) is 18.2 Å². The Labute approximate surface area is 113 Å². The first-order chi connectivity index (χ1) is 9.10. The van der Waals surface area contributed by atoms with Gasteiger partial charge in [0.2, 0.25) is 0 Å². The third kappa shape index (κ3) is 3.36. The minimum absolute atomic E-state index is 0.0884. The number of nitrogens with one attached hydrogen (secondary N) is 1. The third-order valence-corrected chi connectivity index (χ3v) is 3.53. The second kappa shape index (κ2) is 5.91. The lowest BCUT2D eigenvalue weighted by atomic mass is 10.1. The number of nitro benzene ring substituents is 1. The molecule has 0 spiro atoms. The monoisotopic (exact) mass is 264 g/mol. The summed E-state index contributed by atoms with van der Waals surface area (Å²) in [5, 5.41) is 14.4. The zero-order valence-corrected chi connectivity index (χ0v) is 11.4. The molecule has 0 bridgehead atoms. The van der Waals surface area contributed by atoms with Gasteiger partial charge in [-0.3, -0.25) is 10.1 Å². The van der Waals surface area contributed by atoms with E-state index >= 15 is 0 Å². The average Bonchev–Trinajstić information content (AvgIpc) is 2.77. The second-order valence-corrected chi connectivity index (χ2v) is 5.13. The largest absolute Gasteiger partial charge is 0.494 e. The van der Waals surface area contributed by atoms with Crippen LogP contribution in [-0.4, -0.2) is 17.6 Å². The molecule has 1 aromatic carbocycles. The third-order valence-electron chi connectivity index (χ3n) is 3.53. The van der Waals surface area contributed by atoms with Crippen LogP contribution in [0.2, 0.25) is 0 Å². The summed E-state index contributed by atoms with van der Waals surface area (Å²) < 4.78 is 5.31. The van der Waals surface area contributed by atoms with Crippen molar-refractivity contribution in [3.63, 3.8) is 0 Å². The Kier molecular flexibility index (Phi) is 4.24. The van der Waals surface area contributed by atoms with E-state index in [1.54, 1.807) is 12.1 Å². The Balaban J connectivity index is 2.16. The fraction of sp³-hybridized carbons (Fsp3) is 0.571. The normalized spacial score (nSPS) is 22.2. The highest BCUT2D eigenvalue weighted by Gasteiger charge is 2.24. The van der Waals surface area contributed by atoms with E-state index in [0.717, 1.165) is 12.8 Å². The van der Waals surface area contributed by atoms with Crippen molar-refractivity contribution in [1.29, 1.82) is 0 Å². The molecular weight excluding hydrogens is 244 g/mol. The zero-order chi connectivity index (χ0) is 13.8. The van der Waals surface area contributed by atoms with Crippen molar-refractivity contribution in [1.82, 2.24) is 0 Å². The predicted octanol–water partition coefficient (Wildman–Crippen LogP) is 3.59. The quantitative estimate of drug-likeness (QED) is 0.652. The highest BCUT2D eigenvalue weighted by Crippen LogP contribution is 2.33. The summed E-state index contributed by atoms with van der Waals surface area (Å²) in [6.45, 7) is 4.58. The minimum Gasteiger partial charge on any atom is -0.494 e. The van der Waals surface area contributed by atoms with Crippen LogP contribution in [0.4, 0.5) is 11.4 Å². The zero-order valence-electron chi connectivity index (χ0n) is 11.4. The van der Waals surface area contributed by atoms with Gasteiger partial charge in [-0.1, -0.05) is 6.92 Å². The summed E-state index contributed by atoms with van der Waals surface area (Å²) in [7, 11) is 0. The Bertz CT molecular complexity index is 462. The number of nitrogens with zero attached hydrogens (tertiary/aromatic N) is 1. The SMILES string of the molecule is CCOc1ccc(NC2CCC(C)C2)c([N+](=O)[O-])c1. The molecule has 104 valence electrons. The molecule has 1 saturated carbocycles. The van der Waals surface area contributed by atoms with Gasteiger partial charge in [0, 0.05) is 6.04 Å². The van der Waals surface area contributed by atoms with Gasteiger partial charge in [-0.25, -0.2) is 0 Å². The van der Waals surface area contributed by atoms with E-state index < -0.39 is 0 Å². The Hall–Kier alpha value is -1.78. The van der Waals surface area contributed by atoms with Crippen LogP contribution in [-0.2, 0) is 0 Å². The molecule has 1 aliphatic rings. The molecule has 19 heavy (non-hydrogen) atoms. The molecule has 1 N–H and O–H groups in total. The van der Waals surface area contributed by atoms with Gasteiger partial charge in [-0.2, -0.15) is 0 Å². The maximum atomic E-state index is 11.1. The molecule has 2 rings (SSSR count). The lowest BCUT2D eigenvalue weighted by Gasteiger charge is -2.14. The molecule has 2 atom stereocenters. The van der Waals surface area contributed by atoms with Gasteiger partial charge in [-0.15, -0.1) is 0 Å². The molecule has 0 heterocycles. The van der Waals surface area contributed by atoms with Gasteiger partial charge >= 0.3 is 0 Å². The summed E-state index contributed by atoms with van der Waals surface area (Å²) in [5.41, 5.74) is 0.679. The number of nitro groups is 1. The van der Waals surface area contributed by atoms with Gasteiger partial charge < -0.3 is 10.1 Å². The van der Waals surface area contributed by atoms with E-state index in [1.165, 1.54) is 12.5 Å². The van der Waals surface area contributed by atoms with Crippen molar-refractivity contribution in [2.45, 2.75) is 39.2 Å². The Morgan fingerprint density at radius 2 is 2.26 bits per heavy atom. The molecule has 0 saturated heterocycles. The average molecular weight is 264 g/mol. The second-order valence-electron chi connectivity index (χ2n) is 5.13. The lowest BCUT2D eigenvalue weighted by molar-refractivity contribution is -0.384. The van der Waals surface area contributed by atoms with E-state index in [2.05, 4.69) is 12.2 Å². The van der Waals surface area contributed by atoms with Gasteiger partial charge in [0.15, 0.2) is 0 Å². The van der Waals surface area contributed by atoms with Crippen molar-refractivity contribution in [2.24, 2.45) is 5.92 Å². The number of anilines is 1. The van der Waals surface area contributed by atoms with Gasteiger partial charge in [0.25, 0.3) is 5.69 Å². The summed E-state index contributed by atoms with van der Waals surface area (Å²) in [5.74, 6) is 1.23. The van der Waals surface area contributed by atoms with Crippen LogP contribution in [0.5, 0.6) is 5.75 Å². The Morgan fingerprint density at radius 1 is 1.47 bits per heavy atom. The molecule has 1 fully saturated rings. The lowest BCUT2D eigenvalue weighted by Crippen LogP contribution is -2.16. The standard InChI is InChI=1S/C14H20N2O3/c1-3-19-12-6-7-13(14(9-12)16(17)18)15-11-5-4-10(2)8-11/h6-7,9-11,15H,3-5,8H2,1-2H3. The smallest absolute Gasteiger partial charge is 0.296 e. The molecule has 1 aromatic rings. The maximum absolute atomic E-state index is 11.1. The van der Waals surface area contributed by atoms with Crippen LogP contribution in [0, 0.1) is 16.0 Å². The molecule has 0 amide bonds. The van der Waals surface area contributed by atoms with E-state index in [-0.39, 0.29) is 10.6 Å². The number of rotatable bonds is 5. The predicted molar refractivity (Wildman–Crippen MR) is 74.7 cm³/mol. The highest BCUT2D eigenvalue weighted by atomic mass is 16.6. The van der Waals surface area contributed by atoms with Crippen molar-refractivity contribution in [3.05, 3.63) is 28.3 Å². The number of ether oxygens (including phenoxy) is 1. The van der Waals surface area contributed by atoms with Crippen molar-refractivity contribution >= 4 is 11.4 Å². The number of hydrogen-bond donors (Lipinski definition) is 1. The van der Waals surface area contributed by atoms with E-state index in [9.17, 15) is 10.1 Å². The van der Waals surface area contributed by atoms with Gasteiger partial charge in [0.1, 0.15) is 11.4 Å². The molecule has 0 aromatic heterocycles. The van der Waals surface area contributed by atoms with E-state index in [1.807, 2.05) is 6.92 Å². The summed E-state index contributed by atoms with van der Waals surface area (Å²) >= 11 is 0. The Morgan fingerprint density at radius 3 is 2.84 bits per heavy atom. The molecule has 0 radical (unpaired) electrons. The molecule has 0 aliphatic heterocycles. The van der Waals surface area contributed by atoms with Gasteiger partial charge in [0.05, 0.1) is 17.6 Å². The maximum Gasteiger partial charge on any atom is 0.296 e. The van der Waals surface area contributed by atoms with Crippen LogP contribution >= 0.6 is 0 Å². The minimum atomic E-state index is -0.358. The first kappa shape index (κ1) is 13.6. The highest BCUT2D eigenvalue weighted by molar-refractivity contribution is 5.64. The molecule has 2 unspecified atom stereocenters. The first-order valence-corrected chi connectivity index (χ1v) is 6.78. The van der Waals surface area contributed by atoms with E-state index in [4.69, 9.17) is 4.74 Å². The molecule has 1 aliphatic carbocycles. The fourth-order valence-corrected chi connectivity index (χ4v) is 2.60. The van der Waals surface area contributed by atoms with Gasteiger partial charge in [-0.05, 0) is 44.2 Å². The van der Waals surface area contributed by atoms with Crippen LogP contribution in [0.1, 0.15) is 33.1 Å². The van der Waals surface area contributed by atoms with Crippen molar-refractivity contribution in [3.8, 4) is 5.75 Å². The summed E-state index contributed by atoms with van der Waals surface area (Å²) in [6, 6.07) is 5.35. The van der Waals surface area contributed by atoms with Crippen LogP contribution in [0.3, 0.4) is 0 Å². The summed E-state index contributed by atoms with van der Waals surface area (Å²) in [6.07, 6.45) is 3.33. The summed E-state index contributed by atoms with van der Waals surface area (Å²) in [4.78, 5) is 10.8. The van der Waals surface area contributed by atoms with Crippen LogP contribution < -0.4 is 10.1 Å². The molecule has 5 nitrogen and oxygen atoms in total. The first-order valence-electron chi connectivity index (χ1n) is 6.78. The van der Waals surface area contributed by atoms with Crippen LogP contribution in [0.25, 0.3) is 0 Å². The van der Waals surface area contributed by atoms with Crippen molar-refractivity contribution in [2.75, 3.05) is 11.9 Å². The molecule has 5 heteroatoms. The number of benzene rings is 1. The fourth-order valence-electron chi connectivity index (χ4n) is 2.60. The topological polar surface area (TPSA) is 64.4 Å².